The van der Waals surface area contributed by atoms with Gasteiger partial charge in [0.05, 0.1) is 24.7 Å². The molecule has 0 spiro atoms. The largest absolute Gasteiger partial charge is 1.00 e. The summed E-state index contributed by atoms with van der Waals surface area (Å²) < 4.78 is 0. The zero-order valence-corrected chi connectivity index (χ0v) is 31.1. The van der Waals surface area contributed by atoms with E-state index in [1.54, 1.807) is 0 Å². The maximum Gasteiger partial charge on any atom is 0.127 e. The van der Waals surface area contributed by atoms with Gasteiger partial charge in [-0.15, -0.1) is 0 Å². The van der Waals surface area contributed by atoms with Crippen molar-refractivity contribution in [3.05, 3.63) is 170 Å². The van der Waals surface area contributed by atoms with Crippen LogP contribution >= 0.6 is 14.5 Å². The van der Waals surface area contributed by atoms with E-state index >= 15 is 0 Å². The quantitative estimate of drug-likeness (QED) is 0.145. The molecule has 0 amide bonds. The molecule has 0 fully saturated rings. The van der Waals surface area contributed by atoms with Crippen LogP contribution in [0.15, 0.2) is 170 Å². The fourth-order valence-electron chi connectivity index (χ4n) is 5.55. The highest BCUT2D eigenvalue weighted by molar-refractivity contribution is 7.95. The molecule has 0 saturated carbocycles. The third kappa shape index (κ3) is 7.54. The normalized spacial score (nSPS) is 10.8. The molecule has 4 N–H and O–H groups in total. The van der Waals surface area contributed by atoms with Gasteiger partial charge in [0.2, 0.25) is 0 Å². The second kappa shape index (κ2) is 16.5. The predicted molar refractivity (Wildman–Crippen MR) is 191 cm³/mol. The van der Waals surface area contributed by atoms with E-state index in [0.29, 0.717) is 0 Å². The van der Waals surface area contributed by atoms with Crippen molar-refractivity contribution in [2.24, 2.45) is 0 Å². The minimum Gasteiger partial charge on any atom is -1.00 e. The maximum atomic E-state index is 6.31. The number of nitrogens with two attached hydrogens (primary N) is 2. The Morgan fingerprint density at radius 3 is 0.750 bits per heavy atom. The van der Waals surface area contributed by atoms with Gasteiger partial charge in [0.1, 0.15) is 46.4 Å². The Kier molecular flexibility index (Phi) is 13.4. The highest BCUT2D eigenvalue weighted by Crippen LogP contribution is 2.53. The topological polar surface area (TPSA) is 52.0 Å². The summed E-state index contributed by atoms with van der Waals surface area (Å²) in [7, 11) is -3.38. The molecule has 0 unspecified atom stereocenters. The summed E-state index contributed by atoms with van der Waals surface area (Å²) in [5, 5.41) is 7.93. The van der Waals surface area contributed by atoms with E-state index in [1.807, 2.05) is 24.3 Å². The van der Waals surface area contributed by atoms with Crippen LogP contribution in [-0.4, -0.2) is 13.3 Å². The van der Waals surface area contributed by atoms with Crippen molar-refractivity contribution < 1.29 is 48.0 Å². The first-order chi connectivity index (χ1) is 20.5. The second-order valence-electron chi connectivity index (χ2n) is 10.5. The molecule has 0 aromatic heterocycles. The lowest BCUT2D eigenvalue weighted by Crippen LogP contribution is -3.00. The third-order valence-corrected chi connectivity index (χ3v) is 16.0. The van der Waals surface area contributed by atoms with Crippen molar-refractivity contribution in [3.8, 4) is 0 Å². The molecule has 224 valence electrons. The van der Waals surface area contributed by atoms with Gasteiger partial charge < -0.3 is 59.4 Å². The third-order valence-electron chi connectivity index (χ3n) is 7.93. The standard InChI is InChI=1S/2C19H19NP.2HI/c2*1-21(16-10-4-2-5-11-16,17-12-6-3-7-13-17)19-15-9-8-14-18(19)20;;/h2*2-15H,20H2,1H3;2*1H/q2*+1;;/p-2. The fourth-order valence-corrected chi connectivity index (χ4v) is 12.3. The highest BCUT2D eigenvalue weighted by atomic mass is 127. The minimum absolute atomic E-state index is 0. The van der Waals surface area contributed by atoms with Crippen molar-refractivity contribution in [3.63, 3.8) is 0 Å². The van der Waals surface area contributed by atoms with E-state index < -0.39 is 14.5 Å². The Morgan fingerprint density at radius 1 is 0.318 bits per heavy atom. The lowest BCUT2D eigenvalue weighted by molar-refractivity contribution is -0.001000. The summed E-state index contributed by atoms with van der Waals surface area (Å²) in [6.45, 7) is 4.70. The van der Waals surface area contributed by atoms with E-state index in [-0.39, 0.29) is 48.0 Å². The van der Waals surface area contributed by atoms with Gasteiger partial charge in [-0.2, -0.15) is 0 Å². The van der Waals surface area contributed by atoms with E-state index in [0.717, 1.165) is 11.4 Å². The van der Waals surface area contributed by atoms with Gasteiger partial charge in [-0.25, -0.2) is 0 Å². The van der Waals surface area contributed by atoms with Gasteiger partial charge in [-0.05, 0) is 72.8 Å². The molecule has 0 saturated heterocycles. The average Bonchev–Trinajstić information content (AvgIpc) is 3.06. The van der Waals surface area contributed by atoms with Gasteiger partial charge in [0.25, 0.3) is 0 Å². The summed E-state index contributed by atoms with van der Waals surface area (Å²) in [6.07, 6.45) is 0. The summed E-state index contributed by atoms with van der Waals surface area (Å²) in [5.74, 6) is 0. The molecule has 6 rings (SSSR count). The summed E-state index contributed by atoms with van der Waals surface area (Å²) in [5.41, 5.74) is 14.4. The van der Waals surface area contributed by atoms with Crippen LogP contribution in [0.4, 0.5) is 11.4 Å². The Bertz CT molecular complexity index is 1510. The first-order valence-corrected chi connectivity index (χ1v) is 18.6. The molecule has 0 aliphatic heterocycles. The molecule has 0 aliphatic carbocycles. The number of hydrogen-bond acceptors (Lipinski definition) is 2. The second-order valence-corrected chi connectivity index (χ2v) is 17.5. The monoisotopic (exact) mass is 838 g/mol. The Balaban J connectivity index is 0.000000230. The zero-order valence-electron chi connectivity index (χ0n) is 25.0. The van der Waals surface area contributed by atoms with Crippen molar-refractivity contribution in [2.75, 3.05) is 24.8 Å². The zero-order chi connectivity index (χ0) is 29.4. The Labute approximate surface area is 298 Å². The molecule has 0 aliphatic rings. The molecule has 6 heteroatoms. The van der Waals surface area contributed by atoms with Crippen molar-refractivity contribution in [1.82, 2.24) is 0 Å². The van der Waals surface area contributed by atoms with Crippen molar-refractivity contribution in [2.45, 2.75) is 0 Å². The molecule has 0 bridgehead atoms. The van der Waals surface area contributed by atoms with Crippen molar-refractivity contribution in [1.29, 1.82) is 0 Å². The Hall–Kier alpha value is -2.76. The SMILES string of the molecule is C[P+](c1ccccc1)(c1ccccc1)c1ccccc1N.C[P+](c1ccccc1)(c1ccccc1)c1ccccc1N.[I-].[I-]. The first-order valence-electron chi connectivity index (χ1n) is 14.1. The fraction of sp³-hybridized carbons (Fsp3) is 0.0526. The van der Waals surface area contributed by atoms with Crippen LogP contribution in [0.25, 0.3) is 0 Å². The molecular formula is C38H38I2N2P2. The van der Waals surface area contributed by atoms with Crippen molar-refractivity contribution >= 4 is 57.7 Å². The van der Waals surface area contributed by atoms with E-state index in [1.165, 1.54) is 31.8 Å². The summed E-state index contributed by atoms with van der Waals surface area (Å²) in [4.78, 5) is 0. The lowest BCUT2D eigenvalue weighted by Gasteiger charge is -2.24. The minimum atomic E-state index is -1.69. The molecule has 6 aromatic carbocycles. The molecule has 6 aromatic rings. The molecular weight excluding hydrogens is 800 g/mol. The van der Waals surface area contributed by atoms with Gasteiger partial charge in [-0.3, -0.25) is 0 Å². The molecule has 44 heavy (non-hydrogen) atoms. The van der Waals surface area contributed by atoms with Crippen LogP contribution < -0.4 is 91.2 Å². The van der Waals surface area contributed by atoms with Crippen LogP contribution in [0.3, 0.4) is 0 Å². The van der Waals surface area contributed by atoms with Gasteiger partial charge in [0, 0.05) is 0 Å². The van der Waals surface area contributed by atoms with Gasteiger partial charge in [0.15, 0.2) is 0 Å². The summed E-state index contributed by atoms with van der Waals surface area (Å²) >= 11 is 0. The number of hydrogen-bond donors (Lipinski definition) is 2. The van der Waals surface area contributed by atoms with Crippen LogP contribution in [0.1, 0.15) is 0 Å². The van der Waals surface area contributed by atoms with Crippen LogP contribution in [0, 0.1) is 0 Å². The predicted octanol–water partition coefficient (Wildman–Crippen LogP) is 0.393. The lowest BCUT2D eigenvalue weighted by atomic mass is 10.3. The number of anilines is 2. The highest BCUT2D eigenvalue weighted by Gasteiger charge is 2.42. The van der Waals surface area contributed by atoms with Crippen LogP contribution in [-0.2, 0) is 0 Å². The van der Waals surface area contributed by atoms with E-state index in [9.17, 15) is 0 Å². The first kappa shape index (κ1) is 35.7. The van der Waals surface area contributed by atoms with Gasteiger partial charge in [-0.1, -0.05) is 97.1 Å². The molecule has 0 atom stereocenters. The summed E-state index contributed by atoms with van der Waals surface area (Å²) in [6, 6.07) is 59.3. The number of benzene rings is 6. The number of halogens is 2. The van der Waals surface area contributed by atoms with E-state index in [2.05, 4.69) is 159 Å². The number of nitrogen functional groups attached to an aromatic ring is 2. The number of rotatable bonds is 6. The molecule has 0 heterocycles. The smallest absolute Gasteiger partial charge is 0.127 e. The molecule has 2 nitrogen and oxygen atoms in total. The number of para-hydroxylation sites is 2. The average molecular weight is 838 g/mol. The van der Waals surface area contributed by atoms with Crippen LogP contribution in [0.5, 0.6) is 0 Å². The Morgan fingerprint density at radius 2 is 0.523 bits per heavy atom. The van der Waals surface area contributed by atoms with Gasteiger partial charge >= 0.3 is 0 Å². The van der Waals surface area contributed by atoms with Crippen LogP contribution in [0.2, 0.25) is 0 Å². The maximum absolute atomic E-state index is 6.31. The van der Waals surface area contributed by atoms with E-state index in [4.69, 9.17) is 11.5 Å². The molecule has 0 radical (unpaired) electrons.